The number of amides is 4. The molecule has 0 aliphatic carbocycles. The van der Waals surface area contributed by atoms with Crippen molar-refractivity contribution in [1.82, 2.24) is 4.90 Å². The lowest BCUT2D eigenvalue weighted by molar-refractivity contribution is -0.130. The second-order valence-corrected chi connectivity index (χ2v) is 6.77. The molecule has 0 unspecified atom stereocenters. The predicted octanol–water partition coefficient (Wildman–Crippen LogP) is 2.99. The average molecular weight is 379 g/mol. The number of anilines is 2. The number of ketones is 1. The van der Waals surface area contributed by atoms with Crippen LogP contribution in [0.2, 0.25) is 0 Å². The molecule has 3 rings (SSSR count). The van der Waals surface area contributed by atoms with Gasteiger partial charge in [0.2, 0.25) is 5.91 Å². The SMILES string of the molecule is CC(=O)c1cccc(NC(=O)CN2C(=O)[C@@H](C)N(c3ccc(C)cc3)C2=O)c1. The molecule has 2 aromatic rings. The zero-order valence-corrected chi connectivity index (χ0v) is 15.9. The first kappa shape index (κ1) is 19.3. The lowest BCUT2D eigenvalue weighted by Gasteiger charge is -2.19. The molecular weight excluding hydrogens is 358 g/mol. The van der Waals surface area contributed by atoms with Crippen molar-refractivity contribution in [3.05, 3.63) is 59.7 Å². The first-order valence-electron chi connectivity index (χ1n) is 8.90. The van der Waals surface area contributed by atoms with Gasteiger partial charge in [0.05, 0.1) is 0 Å². The summed E-state index contributed by atoms with van der Waals surface area (Å²) in [6, 6.07) is 12.5. The summed E-state index contributed by atoms with van der Waals surface area (Å²) < 4.78 is 0. The molecule has 1 N–H and O–H groups in total. The molecule has 1 fully saturated rings. The topological polar surface area (TPSA) is 86.8 Å². The smallest absolute Gasteiger partial charge is 0.325 e. The Hall–Kier alpha value is -3.48. The highest BCUT2D eigenvalue weighted by atomic mass is 16.2. The number of imide groups is 1. The highest BCUT2D eigenvalue weighted by Crippen LogP contribution is 2.26. The number of benzene rings is 2. The molecule has 1 atom stereocenters. The summed E-state index contributed by atoms with van der Waals surface area (Å²) >= 11 is 0. The lowest BCUT2D eigenvalue weighted by Crippen LogP contribution is -2.39. The van der Waals surface area contributed by atoms with Crippen molar-refractivity contribution in [2.24, 2.45) is 0 Å². The molecule has 1 aliphatic rings. The summed E-state index contributed by atoms with van der Waals surface area (Å²) in [4.78, 5) is 51.4. The molecule has 2 aromatic carbocycles. The predicted molar refractivity (Wildman–Crippen MR) is 105 cm³/mol. The molecule has 28 heavy (non-hydrogen) atoms. The number of carbonyl (C=O) groups excluding carboxylic acids is 4. The van der Waals surface area contributed by atoms with E-state index in [1.807, 2.05) is 19.1 Å². The summed E-state index contributed by atoms with van der Waals surface area (Å²) in [6.45, 7) is 4.61. The number of nitrogens with one attached hydrogen (secondary N) is 1. The molecule has 4 amide bonds. The van der Waals surface area contributed by atoms with Crippen molar-refractivity contribution in [3.63, 3.8) is 0 Å². The van der Waals surface area contributed by atoms with E-state index in [0.717, 1.165) is 10.5 Å². The van der Waals surface area contributed by atoms with Gasteiger partial charge in [-0.1, -0.05) is 29.8 Å². The minimum atomic E-state index is -0.691. The van der Waals surface area contributed by atoms with Crippen LogP contribution in [0.3, 0.4) is 0 Å². The number of Topliss-reactive ketones (excluding diaryl/α,β-unsaturated/α-hetero) is 1. The van der Waals surface area contributed by atoms with Gasteiger partial charge in [-0.05, 0) is 45.0 Å². The van der Waals surface area contributed by atoms with Gasteiger partial charge in [0.1, 0.15) is 12.6 Å². The first-order valence-corrected chi connectivity index (χ1v) is 8.90. The van der Waals surface area contributed by atoms with Crippen LogP contribution in [-0.4, -0.2) is 41.1 Å². The van der Waals surface area contributed by atoms with E-state index in [1.165, 1.54) is 11.8 Å². The maximum atomic E-state index is 12.7. The van der Waals surface area contributed by atoms with Crippen molar-refractivity contribution in [1.29, 1.82) is 0 Å². The van der Waals surface area contributed by atoms with Crippen LogP contribution >= 0.6 is 0 Å². The number of hydrogen-bond acceptors (Lipinski definition) is 4. The summed E-state index contributed by atoms with van der Waals surface area (Å²) in [5, 5.41) is 2.63. The van der Waals surface area contributed by atoms with Crippen LogP contribution in [0.15, 0.2) is 48.5 Å². The number of rotatable bonds is 5. The number of nitrogens with zero attached hydrogens (tertiary/aromatic N) is 2. The number of carbonyl (C=O) groups is 4. The number of aryl methyl sites for hydroxylation is 1. The fourth-order valence-electron chi connectivity index (χ4n) is 3.07. The maximum Gasteiger partial charge on any atom is 0.332 e. The molecule has 1 heterocycles. The minimum absolute atomic E-state index is 0.122. The fraction of sp³-hybridized carbons (Fsp3) is 0.238. The van der Waals surface area contributed by atoms with Crippen molar-refractivity contribution >= 4 is 35.0 Å². The molecular formula is C21H21N3O4. The van der Waals surface area contributed by atoms with E-state index in [2.05, 4.69) is 5.32 Å². The summed E-state index contributed by atoms with van der Waals surface area (Å²) in [6.07, 6.45) is 0. The third-order valence-electron chi connectivity index (χ3n) is 4.61. The third-order valence-corrected chi connectivity index (χ3v) is 4.61. The monoisotopic (exact) mass is 379 g/mol. The van der Waals surface area contributed by atoms with E-state index < -0.39 is 30.4 Å². The van der Waals surface area contributed by atoms with Gasteiger partial charge in [-0.25, -0.2) is 4.79 Å². The Labute approximate surface area is 162 Å². The van der Waals surface area contributed by atoms with E-state index in [4.69, 9.17) is 0 Å². The second kappa shape index (κ2) is 7.64. The van der Waals surface area contributed by atoms with Crippen LogP contribution < -0.4 is 10.2 Å². The van der Waals surface area contributed by atoms with Crippen LogP contribution in [0.5, 0.6) is 0 Å². The summed E-state index contributed by atoms with van der Waals surface area (Å²) in [7, 11) is 0. The highest BCUT2D eigenvalue weighted by molar-refractivity contribution is 6.16. The van der Waals surface area contributed by atoms with Gasteiger partial charge >= 0.3 is 6.03 Å². The van der Waals surface area contributed by atoms with Gasteiger partial charge in [0.15, 0.2) is 5.78 Å². The van der Waals surface area contributed by atoms with Crippen LogP contribution in [0, 0.1) is 6.92 Å². The van der Waals surface area contributed by atoms with Crippen molar-refractivity contribution in [2.75, 3.05) is 16.8 Å². The van der Waals surface area contributed by atoms with Gasteiger partial charge in [0.25, 0.3) is 5.91 Å². The van der Waals surface area contributed by atoms with E-state index in [9.17, 15) is 19.2 Å². The van der Waals surface area contributed by atoms with Crippen LogP contribution in [0.4, 0.5) is 16.2 Å². The second-order valence-electron chi connectivity index (χ2n) is 6.77. The maximum absolute atomic E-state index is 12.7. The fourth-order valence-corrected chi connectivity index (χ4v) is 3.07. The lowest BCUT2D eigenvalue weighted by atomic mass is 10.1. The number of urea groups is 1. The quantitative estimate of drug-likeness (QED) is 0.639. The van der Waals surface area contributed by atoms with Crippen molar-refractivity contribution in [2.45, 2.75) is 26.8 Å². The van der Waals surface area contributed by atoms with Gasteiger partial charge < -0.3 is 5.32 Å². The van der Waals surface area contributed by atoms with E-state index >= 15 is 0 Å². The largest absolute Gasteiger partial charge is 0.332 e. The van der Waals surface area contributed by atoms with Crippen LogP contribution in [0.25, 0.3) is 0 Å². The Kier molecular flexibility index (Phi) is 5.26. The zero-order chi connectivity index (χ0) is 20.4. The Bertz CT molecular complexity index is 952. The Morgan fingerprint density at radius 2 is 1.75 bits per heavy atom. The average Bonchev–Trinajstić information content (AvgIpc) is 2.86. The molecule has 0 spiro atoms. The molecule has 1 saturated heterocycles. The van der Waals surface area contributed by atoms with E-state index in [-0.39, 0.29) is 5.78 Å². The van der Waals surface area contributed by atoms with Gasteiger partial charge in [-0.3, -0.25) is 24.2 Å². The van der Waals surface area contributed by atoms with E-state index in [1.54, 1.807) is 43.3 Å². The summed E-state index contributed by atoms with van der Waals surface area (Å²) in [5.74, 6) is -1.07. The molecule has 0 saturated carbocycles. The zero-order valence-electron chi connectivity index (χ0n) is 15.9. The van der Waals surface area contributed by atoms with Crippen LogP contribution in [0.1, 0.15) is 29.8 Å². The Balaban J connectivity index is 1.73. The molecule has 0 bridgehead atoms. The molecule has 0 aromatic heterocycles. The van der Waals surface area contributed by atoms with Crippen LogP contribution in [-0.2, 0) is 9.59 Å². The molecule has 0 radical (unpaired) electrons. The van der Waals surface area contributed by atoms with E-state index in [0.29, 0.717) is 16.9 Å². The molecule has 7 heteroatoms. The Morgan fingerprint density at radius 1 is 1.07 bits per heavy atom. The highest BCUT2D eigenvalue weighted by Gasteiger charge is 2.44. The summed E-state index contributed by atoms with van der Waals surface area (Å²) in [5.41, 5.74) is 2.54. The molecule has 1 aliphatic heterocycles. The van der Waals surface area contributed by atoms with Gasteiger partial charge in [-0.2, -0.15) is 0 Å². The first-order chi connectivity index (χ1) is 13.3. The van der Waals surface area contributed by atoms with Gasteiger partial charge in [0, 0.05) is 16.9 Å². The Morgan fingerprint density at radius 3 is 2.39 bits per heavy atom. The molecule has 144 valence electrons. The third kappa shape index (κ3) is 3.78. The normalized spacial score (nSPS) is 16.5. The minimum Gasteiger partial charge on any atom is -0.325 e. The standard InChI is InChI=1S/C21H21N3O4/c1-13-7-9-18(10-8-13)24-14(2)20(27)23(21(24)28)12-19(26)22-17-6-4-5-16(11-17)15(3)25/h4-11,14H,12H2,1-3H3,(H,22,26)/t14-/m1/s1. The van der Waals surface area contributed by atoms with Crippen molar-refractivity contribution in [3.8, 4) is 0 Å². The van der Waals surface area contributed by atoms with Crippen molar-refractivity contribution < 1.29 is 19.2 Å². The molecule has 7 nitrogen and oxygen atoms in total. The van der Waals surface area contributed by atoms with Gasteiger partial charge in [-0.15, -0.1) is 0 Å². The number of hydrogen-bond donors (Lipinski definition) is 1.